The van der Waals surface area contributed by atoms with Crippen LogP contribution in [0, 0.1) is 6.33 Å². The molecule has 6 heteroatoms. The molecule has 3 aromatic rings. The predicted octanol–water partition coefficient (Wildman–Crippen LogP) is 0.914. The van der Waals surface area contributed by atoms with Gasteiger partial charge in [-0.05, 0) is 0 Å². The second kappa shape index (κ2) is 3.65. The van der Waals surface area contributed by atoms with Gasteiger partial charge in [0.2, 0.25) is 0 Å². The Labute approximate surface area is 91.2 Å². The number of aromatic amines is 3. The van der Waals surface area contributed by atoms with Gasteiger partial charge < -0.3 is 15.0 Å². The molecule has 3 aromatic heterocycles. The summed E-state index contributed by atoms with van der Waals surface area (Å²) in [7, 11) is 0. The highest BCUT2D eigenvalue weighted by Crippen LogP contribution is 2.12. The summed E-state index contributed by atoms with van der Waals surface area (Å²) >= 11 is 0. The molecule has 0 aliphatic heterocycles. The number of hydrogen-bond donors (Lipinski definition) is 3. The van der Waals surface area contributed by atoms with Crippen LogP contribution in [0.1, 0.15) is 11.4 Å². The summed E-state index contributed by atoms with van der Waals surface area (Å²) in [6.45, 7) is 0. The van der Waals surface area contributed by atoms with E-state index in [1.54, 1.807) is 12.5 Å². The average Bonchev–Trinajstić information content (AvgIpc) is 2.99. The van der Waals surface area contributed by atoms with Crippen LogP contribution in [0.4, 0.5) is 0 Å². The summed E-state index contributed by atoms with van der Waals surface area (Å²) in [5.74, 6) is 0.760. The van der Waals surface area contributed by atoms with Crippen molar-refractivity contribution in [1.29, 1.82) is 0 Å². The molecule has 16 heavy (non-hydrogen) atoms. The van der Waals surface area contributed by atoms with E-state index in [0.717, 1.165) is 22.9 Å². The second-order valence-electron chi connectivity index (χ2n) is 3.38. The Kier molecular flexibility index (Phi) is 2.03. The Morgan fingerprint density at radius 1 is 1.19 bits per heavy atom. The van der Waals surface area contributed by atoms with Crippen molar-refractivity contribution in [2.45, 2.75) is 6.42 Å². The first kappa shape index (κ1) is 8.90. The van der Waals surface area contributed by atoms with E-state index in [0.29, 0.717) is 6.42 Å². The minimum atomic E-state index is 0.681. The molecule has 0 atom stereocenters. The molecule has 0 aliphatic rings. The molecule has 0 spiro atoms. The number of aromatic nitrogens is 6. The lowest BCUT2D eigenvalue weighted by atomic mass is 10.3. The first-order valence-electron chi connectivity index (χ1n) is 4.85. The zero-order valence-electron chi connectivity index (χ0n) is 8.36. The lowest BCUT2D eigenvalue weighted by molar-refractivity contribution is 1.05. The van der Waals surface area contributed by atoms with Gasteiger partial charge in [0.1, 0.15) is 5.69 Å². The average molecular weight is 213 g/mol. The molecule has 6 nitrogen and oxygen atoms in total. The van der Waals surface area contributed by atoms with E-state index in [-0.39, 0.29) is 0 Å². The minimum absolute atomic E-state index is 0.681. The van der Waals surface area contributed by atoms with E-state index in [1.807, 2.05) is 12.4 Å². The van der Waals surface area contributed by atoms with Gasteiger partial charge >= 0.3 is 0 Å². The molecule has 0 bridgehead atoms. The van der Waals surface area contributed by atoms with E-state index in [2.05, 4.69) is 36.2 Å². The summed E-state index contributed by atoms with van der Waals surface area (Å²) in [5.41, 5.74) is 2.65. The molecule has 3 heterocycles. The molecule has 0 amide bonds. The van der Waals surface area contributed by atoms with Crippen LogP contribution >= 0.6 is 0 Å². The van der Waals surface area contributed by atoms with E-state index < -0.39 is 0 Å². The van der Waals surface area contributed by atoms with Gasteiger partial charge in [0.05, 0.1) is 17.7 Å². The Morgan fingerprint density at radius 3 is 2.94 bits per heavy atom. The smallest absolute Gasteiger partial charge is 0.173 e. The van der Waals surface area contributed by atoms with Gasteiger partial charge in [-0.1, -0.05) is 0 Å². The Morgan fingerprint density at radius 2 is 2.19 bits per heavy atom. The Balaban J connectivity index is 1.83. The molecule has 79 valence electrons. The summed E-state index contributed by atoms with van der Waals surface area (Å²) < 4.78 is 0. The largest absolute Gasteiger partial charge is 0.350 e. The van der Waals surface area contributed by atoms with Crippen LogP contribution in [-0.2, 0) is 6.42 Å². The number of hydrogen-bond acceptors (Lipinski definition) is 3. The molecule has 0 fully saturated rings. The third kappa shape index (κ3) is 1.60. The van der Waals surface area contributed by atoms with E-state index in [4.69, 9.17) is 0 Å². The minimum Gasteiger partial charge on any atom is -0.350 e. The molecule has 3 rings (SSSR count). The second-order valence-corrected chi connectivity index (χ2v) is 3.38. The van der Waals surface area contributed by atoms with Crippen LogP contribution in [0.2, 0.25) is 0 Å². The lowest BCUT2D eigenvalue weighted by Gasteiger charge is -1.89. The van der Waals surface area contributed by atoms with Crippen molar-refractivity contribution >= 4 is 0 Å². The van der Waals surface area contributed by atoms with Crippen molar-refractivity contribution in [2.75, 3.05) is 0 Å². The number of H-pyrrole nitrogens is 3. The van der Waals surface area contributed by atoms with Gasteiger partial charge in [0, 0.05) is 25.0 Å². The molecule has 3 N–H and O–H groups in total. The third-order valence-corrected chi connectivity index (χ3v) is 2.24. The van der Waals surface area contributed by atoms with Crippen LogP contribution in [0.5, 0.6) is 0 Å². The molecule has 1 radical (unpaired) electrons. The number of nitrogens with zero attached hydrogens (tertiary/aromatic N) is 3. The fraction of sp³-hybridized carbons (Fsp3) is 0.100. The maximum Gasteiger partial charge on any atom is 0.173 e. The zero-order chi connectivity index (χ0) is 10.8. The summed E-state index contributed by atoms with van der Waals surface area (Å²) in [5, 5.41) is 0. The lowest BCUT2D eigenvalue weighted by Crippen LogP contribution is -1.88. The highest BCUT2D eigenvalue weighted by Gasteiger charge is 2.06. The van der Waals surface area contributed by atoms with Gasteiger partial charge in [-0.15, -0.1) is 0 Å². The number of nitrogens with one attached hydrogen (secondary N) is 3. The normalized spacial score (nSPS) is 10.8. The quantitative estimate of drug-likeness (QED) is 0.604. The molecule has 0 aromatic carbocycles. The molecule has 0 saturated carbocycles. The number of imidazole rings is 3. The monoisotopic (exact) mass is 213 g/mol. The van der Waals surface area contributed by atoms with Crippen molar-refractivity contribution in [1.82, 2.24) is 29.9 Å². The fourth-order valence-corrected chi connectivity index (χ4v) is 1.50. The first-order chi connectivity index (χ1) is 7.92. The van der Waals surface area contributed by atoms with Gasteiger partial charge in [-0.3, -0.25) is 0 Å². The summed E-state index contributed by atoms with van der Waals surface area (Å²) in [4.78, 5) is 21.3. The zero-order valence-corrected chi connectivity index (χ0v) is 8.36. The van der Waals surface area contributed by atoms with Gasteiger partial charge in [-0.2, -0.15) is 0 Å². The van der Waals surface area contributed by atoms with E-state index in [9.17, 15) is 0 Å². The van der Waals surface area contributed by atoms with Crippen molar-refractivity contribution in [3.8, 4) is 11.5 Å². The fourth-order valence-electron chi connectivity index (χ4n) is 1.50. The number of rotatable bonds is 3. The molecular formula is C10H9N6. The Hall–Kier alpha value is -2.37. The van der Waals surface area contributed by atoms with Crippen LogP contribution in [-0.4, -0.2) is 29.9 Å². The van der Waals surface area contributed by atoms with Crippen molar-refractivity contribution in [3.63, 3.8) is 0 Å². The van der Waals surface area contributed by atoms with Gasteiger partial charge in [-0.25, -0.2) is 15.0 Å². The standard InChI is InChI=1S/C10H9N6/c1(7-2-11-5-14-7)8-3-13-10(16-8)9-4-12-6-15-9/h2-4,6H,1H2,(H,11,14)(H,12,15)(H,13,16). The van der Waals surface area contributed by atoms with Gasteiger partial charge in [0.25, 0.3) is 0 Å². The molecular weight excluding hydrogens is 204 g/mol. The molecule has 0 saturated heterocycles. The van der Waals surface area contributed by atoms with Crippen molar-refractivity contribution in [2.24, 2.45) is 0 Å². The summed E-state index contributed by atoms with van der Waals surface area (Å²) in [6, 6.07) is 0. The maximum atomic E-state index is 4.42. The Bertz CT molecular complexity index is 548. The van der Waals surface area contributed by atoms with Crippen molar-refractivity contribution in [3.05, 3.63) is 42.6 Å². The maximum absolute atomic E-state index is 4.42. The van der Waals surface area contributed by atoms with Crippen LogP contribution in [0.25, 0.3) is 11.5 Å². The highest BCUT2D eigenvalue weighted by molar-refractivity contribution is 5.47. The van der Waals surface area contributed by atoms with Crippen LogP contribution in [0.3, 0.4) is 0 Å². The summed E-state index contributed by atoms with van der Waals surface area (Å²) in [6.07, 6.45) is 10.4. The van der Waals surface area contributed by atoms with Crippen LogP contribution < -0.4 is 0 Å². The third-order valence-electron chi connectivity index (χ3n) is 2.24. The SMILES string of the molecule is [c]1nc(Cc2c[nH]c(-c3c[nH]cn3)n2)c[nH]1. The van der Waals surface area contributed by atoms with E-state index in [1.165, 1.54) is 0 Å². The van der Waals surface area contributed by atoms with Crippen molar-refractivity contribution < 1.29 is 0 Å². The predicted molar refractivity (Wildman–Crippen MR) is 56.4 cm³/mol. The first-order valence-corrected chi connectivity index (χ1v) is 4.85. The van der Waals surface area contributed by atoms with Gasteiger partial charge in [0.15, 0.2) is 12.2 Å². The highest BCUT2D eigenvalue weighted by atomic mass is 15.0. The topological polar surface area (TPSA) is 86.0 Å². The van der Waals surface area contributed by atoms with E-state index >= 15 is 0 Å². The molecule has 0 aliphatic carbocycles. The van der Waals surface area contributed by atoms with Crippen LogP contribution in [0.15, 0.2) is 24.9 Å². The molecule has 0 unspecified atom stereocenters.